The number of nitrogens with one attached hydrogen (secondary N) is 1. The van der Waals surface area contributed by atoms with E-state index in [1.807, 2.05) is 51.1 Å². The molecule has 140 valence electrons. The molecule has 0 spiro atoms. The lowest BCUT2D eigenvalue weighted by Gasteiger charge is -2.30. The quantitative estimate of drug-likeness (QED) is 0.900. The van der Waals surface area contributed by atoms with Crippen molar-refractivity contribution in [3.8, 4) is 0 Å². The van der Waals surface area contributed by atoms with Gasteiger partial charge in [-0.15, -0.1) is 0 Å². The summed E-state index contributed by atoms with van der Waals surface area (Å²) in [7, 11) is 0. The third kappa shape index (κ3) is 4.42. The second-order valence-corrected chi connectivity index (χ2v) is 7.70. The fourth-order valence-electron chi connectivity index (χ4n) is 3.14. The first-order valence-electron chi connectivity index (χ1n) is 8.89. The van der Waals surface area contributed by atoms with Gasteiger partial charge in [-0.05, 0) is 49.6 Å². The van der Waals surface area contributed by atoms with Crippen LogP contribution in [0.2, 0.25) is 0 Å². The molecular weight excluding hydrogens is 343 g/mol. The molecule has 3 rings (SSSR count). The summed E-state index contributed by atoms with van der Waals surface area (Å²) in [6.45, 7) is 6.00. The molecule has 0 aromatic heterocycles. The monoisotopic (exact) mass is 366 g/mol. The summed E-state index contributed by atoms with van der Waals surface area (Å²) >= 11 is 0. The molecule has 1 N–H and O–H groups in total. The van der Waals surface area contributed by atoms with Gasteiger partial charge in [-0.3, -0.25) is 9.59 Å². The highest BCUT2D eigenvalue weighted by atomic mass is 19.1. The third-order valence-corrected chi connectivity index (χ3v) is 4.29. The van der Waals surface area contributed by atoms with Gasteiger partial charge in [0.2, 0.25) is 11.8 Å². The number of carbonyl (C=O) groups excluding carboxylic acids is 2. The molecule has 0 aliphatic carbocycles. The van der Waals surface area contributed by atoms with Crippen LogP contribution in [0.3, 0.4) is 0 Å². The van der Waals surface area contributed by atoms with E-state index in [-0.39, 0.29) is 17.6 Å². The average molecular weight is 366 g/mol. The SMILES string of the molecule is CC(C)(C)NC(=O)C1C(c2ccc(F)cc2)=CC(=O)N1Cc1ccccc1. The molecule has 2 aromatic carbocycles. The van der Waals surface area contributed by atoms with Gasteiger partial charge in [0.15, 0.2) is 0 Å². The van der Waals surface area contributed by atoms with E-state index in [2.05, 4.69) is 5.32 Å². The van der Waals surface area contributed by atoms with Crippen LogP contribution in [0.15, 0.2) is 60.7 Å². The summed E-state index contributed by atoms with van der Waals surface area (Å²) in [5.41, 5.74) is 1.75. The Morgan fingerprint density at radius 1 is 1.07 bits per heavy atom. The largest absolute Gasteiger partial charge is 0.349 e. The highest BCUT2D eigenvalue weighted by molar-refractivity contribution is 6.10. The molecule has 1 heterocycles. The van der Waals surface area contributed by atoms with Crippen LogP contribution >= 0.6 is 0 Å². The molecule has 1 unspecified atom stereocenters. The lowest BCUT2D eigenvalue weighted by molar-refractivity contribution is -0.134. The number of benzene rings is 2. The number of hydrogen-bond donors (Lipinski definition) is 1. The Labute approximate surface area is 158 Å². The first-order valence-corrected chi connectivity index (χ1v) is 8.89. The molecule has 0 radical (unpaired) electrons. The first-order chi connectivity index (χ1) is 12.7. The Bertz CT molecular complexity index is 867. The zero-order valence-corrected chi connectivity index (χ0v) is 15.7. The molecule has 4 nitrogen and oxygen atoms in total. The number of halogens is 1. The molecule has 0 saturated heterocycles. The predicted molar refractivity (Wildman–Crippen MR) is 103 cm³/mol. The maximum absolute atomic E-state index is 13.3. The van der Waals surface area contributed by atoms with Crippen molar-refractivity contribution in [2.45, 2.75) is 38.9 Å². The van der Waals surface area contributed by atoms with Crippen molar-refractivity contribution in [2.75, 3.05) is 0 Å². The van der Waals surface area contributed by atoms with Gasteiger partial charge in [0.1, 0.15) is 11.9 Å². The second kappa shape index (κ2) is 7.35. The zero-order valence-electron chi connectivity index (χ0n) is 15.7. The van der Waals surface area contributed by atoms with Gasteiger partial charge >= 0.3 is 0 Å². The van der Waals surface area contributed by atoms with E-state index in [1.165, 1.54) is 18.2 Å². The Hall–Kier alpha value is -2.95. The molecule has 0 fully saturated rings. The van der Waals surface area contributed by atoms with Gasteiger partial charge in [-0.2, -0.15) is 0 Å². The van der Waals surface area contributed by atoms with Crippen molar-refractivity contribution in [1.29, 1.82) is 0 Å². The minimum Gasteiger partial charge on any atom is -0.349 e. The molecular formula is C22H23FN2O2. The number of carbonyl (C=O) groups is 2. The molecule has 2 aromatic rings. The van der Waals surface area contributed by atoms with E-state index >= 15 is 0 Å². The Balaban J connectivity index is 1.96. The fraction of sp³-hybridized carbons (Fsp3) is 0.273. The van der Waals surface area contributed by atoms with Crippen LogP contribution in [0.5, 0.6) is 0 Å². The van der Waals surface area contributed by atoms with Crippen LogP contribution in [-0.2, 0) is 16.1 Å². The van der Waals surface area contributed by atoms with E-state index < -0.39 is 11.6 Å². The number of rotatable bonds is 4. The molecule has 1 atom stereocenters. The summed E-state index contributed by atoms with van der Waals surface area (Å²) in [6.07, 6.45) is 1.48. The van der Waals surface area contributed by atoms with Crippen LogP contribution in [0.25, 0.3) is 5.57 Å². The van der Waals surface area contributed by atoms with Crippen molar-refractivity contribution in [2.24, 2.45) is 0 Å². The summed E-state index contributed by atoms with van der Waals surface area (Å²) in [5.74, 6) is -0.840. The zero-order chi connectivity index (χ0) is 19.6. The number of nitrogens with zero attached hydrogens (tertiary/aromatic N) is 1. The summed E-state index contributed by atoms with van der Waals surface area (Å²) < 4.78 is 13.3. The molecule has 1 aliphatic heterocycles. The number of hydrogen-bond acceptors (Lipinski definition) is 2. The Morgan fingerprint density at radius 2 is 1.70 bits per heavy atom. The highest BCUT2D eigenvalue weighted by Gasteiger charge is 2.39. The molecule has 27 heavy (non-hydrogen) atoms. The molecule has 1 aliphatic rings. The smallest absolute Gasteiger partial charge is 0.248 e. The summed E-state index contributed by atoms with van der Waals surface area (Å²) in [6, 6.07) is 14.6. The topological polar surface area (TPSA) is 49.4 Å². The van der Waals surface area contributed by atoms with Gasteiger partial charge in [0.25, 0.3) is 0 Å². The first kappa shape index (κ1) is 18.8. The minimum absolute atomic E-state index is 0.229. The lowest BCUT2D eigenvalue weighted by atomic mass is 9.97. The van der Waals surface area contributed by atoms with Crippen molar-refractivity contribution < 1.29 is 14.0 Å². The van der Waals surface area contributed by atoms with Gasteiger partial charge in [0.05, 0.1) is 0 Å². The van der Waals surface area contributed by atoms with Crippen molar-refractivity contribution >= 4 is 17.4 Å². The van der Waals surface area contributed by atoms with Gasteiger partial charge in [-0.25, -0.2) is 4.39 Å². The van der Waals surface area contributed by atoms with Gasteiger partial charge in [-0.1, -0.05) is 42.5 Å². The molecule has 0 bridgehead atoms. The molecule has 5 heteroatoms. The maximum Gasteiger partial charge on any atom is 0.248 e. The van der Waals surface area contributed by atoms with Crippen LogP contribution in [0.4, 0.5) is 4.39 Å². The van der Waals surface area contributed by atoms with Crippen molar-refractivity contribution in [3.05, 3.63) is 77.6 Å². The van der Waals surface area contributed by atoms with Crippen LogP contribution in [0, 0.1) is 5.82 Å². The van der Waals surface area contributed by atoms with Gasteiger partial charge in [0, 0.05) is 18.2 Å². The maximum atomic E-state index is 13.3. The summed E-state index contributed by atoms with van der Waals surface area (Å²) in [4.78, 5) is 27.3. The van der Waals surface area contributed by atoms with E-state index in [1.54, 1.807) is 17.0 Å². The number of amides is 2. The standard InChI is InChI=1S/C22H23FN2O2/c1-22(2,3)24-21(27)20-18(16-9-11-17(23)12-10-16)13-19(26)25(20)14-15-7-5-4-6-8-15/h4-13,20H,14H2,1-3H3,(H,24,27). The van der Waals surface area contributed by atoms with E-state index in [4.69, 9.17) is 0 Å². The second-order valence-electron chi connectivity index (χ2n) is 7.70. The van der Waals surface area contributed by atoms with Crippen LogP contribution < -0.4 is 5.32 Å². The third-order valence-electron chi connectivity index (χ3n) is 4.29. The predicted octanol–water partition coefficient (Wildman–Crippen LogP) is 3.53. The van der Waals surface area contributed by atoms with Crippen molar-refractivity contribution in [1.82, 2.24) is 10.2 Å². The average Bonchev–Trinajstić information content (AvgIpc) is 2.92. The van der Waals surface area contributed by atoms with E-state index in [0.717, 1.165) is 5.56 Å². The molecule has 0 saturated carbocycles. The minimum atomic E-state index is -0.762. The molecule has 2 amide bonds. The lowest BCUT2D eigenvalue weighted by Crippen LogP contribution is -2.51. The van der Waals surface area contributed by atoms with Crippen LogP contribution in [0.1, 0.15) is 31.9 Å². The van der Waals surface area contributed by atoms with E-state index in [0.29, 0.717) is 17.7 Å². The normalized spacial score (nSPS) is 17.0. The Morgan fingerprint density at radius 3 is 2.30 bits per heavy atom. The van der Waals surface area contributed by atoms with Gasteiger partial charge < -0.3 is 10.2 Å². The Kier molecular flexibility index (Phi) is 5.13. The van der Waals surface area contributed by atoms with Crippen LogP contribution in [-0.4, -0.2) is 28.3 Å². The van der Waals surface area contributed by atoms with E-state index in [9.17, 15) is 14.0 Å². The highest BCUT2D eigenvalue weighted by Crippen LogP contribution is 2.31. The van der Waals surface area contributed by atoms with Crippen molar-refractivity contribution in [3.63, 3.8) is 0 Å². The summed E-state index contributed by atoms with van der Waals surface area (Å²) in [5, 5.41) is 2.96. The fourth-order valence-corrected chi connectivity index (χ4v) is 3.14.